The van der Waals surface area contributed by atoms with Crippen LogP contribution in [0.15, 0.2) is 36.0 Å². The third kappa shape index (κ3) is 3.33. The third-order valence-corrected chi connectivity index (χ3v) is 10.5. The number of carbonyl (C=O) groups is 1. The van der Waals surface area contributed by atoms with E-state index >= 15 is 0 Å². The van der Waals surface area contributed by atoms with Gasteiger partial charge in [0.25, 0.3) is 0 Å². The van der Waals surface area contributed by atoms with E-state index < -0.39 is 0 Å². The van der Waals surface area contributed by atoms with E-state index in [1.165, 1.54) is 37.7 Å². The molecule has 0 unspecified atom stereocenters. The minimum Gasteiger partial charge on any atom is -0.347 e. The number of carbonyl (C=O) groups excluding carboxylic acids is 1. The van der Waals surface area contributed by atoms with Crippen molar-refractivity contribution >= 4 is 5.78 Å². The zero-order valence-electron chi connectivity index (χ0n) is 20.7. The fourth-order valence-corrected chi connectivity index (χ4v) is 8.49. The van der Waals surface area contributed by atoms with Gasteiger partial charge in [-0.15, -0.1) is 0 Å². The molecule has 0 spiro atoms. The predicted octanol–water partition coefficient (Wildman–Crippen LogP) is 6.50. The molecule has 0 N–H and O–H groups in total. The second-order valence-corrected chi connectivity index (χ2v) is 12.2. The summed E-state index contributed by atoms with van der Waals surface area (Å²) in [5.74, 6) is 3.66. The minimum absolute atomic E-state index is 0.0269. The highest BCUT2D eigenvalue weighted by atomic mass is 16.7. The Labute approximate surface area is 194 Å². The molecule has 1 saturated heterocycles. The summed E-state index contributed by atoms with van der Waals surface area (Å²) in [5, 5.41) is 0. The van der Waals surface area contributed by atoms with Gasteiger partial charge in [0.05, 0.1) is 13.2 Å². The van der Waals surface area contributed by atoms with Crippen LogP contribution in [0.3, 0.4) is 0 Å². The van der Waals surface area contributed by atoms with Crippen LogP contribution >= 0.6 is 0 Å². The third-order valence-electron chi connectivity index (χ3n) is 10.5. The molecule has 0 amide bonds. The van der Waals surface area contributed by atoms with E-state index in [2.05, 4.69) is 52.8 Å². The molecule has 1 heterocycles. The van der Waals surface area contributed by atoms with Crippen LogP contribution in [-0.2, 0) is 14.3 Å². The van der Waals surface area contributed by atoms with Gasteiger partial charge in [-0.05, 0) is 84.8 Å². The van der Waals surface area contributed by atoms with E-state index in [0.29, 0.717) is 29.1 Å². The van der Waals surface area contributed by atoms with Crippen molar-refractivity contribution in [3.8, 4) is 0 Å². The highest BCUT2D eigenvalue weighted by Gasteiger charge is 2.58. The Morgan fingerprint density at radius 3 is 2.50 bits per heavy atom. The van der Waals surface area contributed by atoms with E-state index in [1.807, 2.05) is 12.2 Å². The maximum absolute atomic E-state index is 12.0. The molecular weight excluding hydrogens is 396 g/mol. The van der Waals surface area contributed by atoms with E-state index in [-0.39, 0.29) is 17.0 Å². The first-order valence-corrected chi connectivity index (χ1v) is 13.1. The summed E-state index contributed by atoms with van der Waals surface area (Å²) in [5.41, 5.74) is 1.67. The summed E-state index contributed by atoms with van der Waals surface area (Å²) in [7, 11) is 0. The van der Waals surface area contributed by atoms with Gasteiger partial charge in [0.15, 0.2) is 11.6 Å². The van der Waals surface area contributed by atoms with Crippen molar-refractivity contribution in [2.75, 3.05) is 13.2 Å². The van der Waals surface area contributed by atoms with Gasteiger partial charge in [-0.3, -0.25) is 4.79 Å². The zero-order valence-corrected chi connectivity index (χ0v) is 20.7. The van der Waals surface area contributed by atoms with Gasteiger partial charge in [-0.2, -0.15) is 0 Å². The molecule has 3 heteroatoms. The van der Waals surface area contributed by atoms with E-state index in [4.69, 9.17) is 9.47 Å². The van der Waals surface area contributed by atoms with Crippen molar-refractivity contribution in [2.45, 2.75) is 78.9 Å². The van der Waals surface area contributed by atoms with Crippen LogP contribution in [0.1, 0.15) is 73.1 Å². The molecule has 7 atom stereocenters. The molecule has 0 aromatic carbocycles. The molecule has 2 saturated carbocycles. The molecule has 3 fully saturated rings. The summed E-state index contributed by atoms with van der Waals surface area (Å²) < 4.78 is 12.2. The average molecular weight is 439 g/mol. The Hall–Kier alpha value is -1.19. The Morgan fingerprint density at radius 1 is 1.03 bits per heavy atom. The van der Waals surface area contributed by atoms with Crippen molar-refractivity contribution in [2.24, 2.45) is 46.3 Å². The van der Waals surface area contributed by atoms with Crippen LogP contribution < -0.4 is 0 Å². The van der Waals surface area contributed by atoms with E-state index in [9.17, 15) is 4.79 Å². The van der Waals surface area contributed by atoms with Gasteiger partial charge >= 0.3 is 0 Å². The quantitative estimate of drug-likeness (QED) is 0.491. The van der Waals surface area contributed by atoms with Crippen molar-refractivity contribution < 1.29 is 14.3 Å². The Balaban J connectivity index is 1.33. The standard InChI is InChI=1S/C29H42O3/c1-19(2)29(31-16-17-32-29)15-10-20(3)24-8-9-25-23-7-6-21-18-22(30)11-13-27(21,4)26(23)12-14-28(24,25)5/h6-7,11,13,18-20,23-26H,8-10,12,14-17H2,1-5H3/t20-,23+,24-,25+,26+,27+,28-/m1/s1. The largest absolute Gasteiger partial charge is 0.347 e. The lowest BCUT2D eigenvalue weighted by Crippen LogP contribution is -2.48. The molecule has 0 bridgehead atoms. The zero-order chi connectivity index (χ0) is 22.7. The van der Waals surface area contributed by atoms with Crippen LogP contribution in [0.25, 0.3) is 0 Å². The maximum Gasteiger partial charge on any atom is 0.178 e. The second-order valence-electron chi connectivity index (χ2n) is 12.2. The lowest BCUT2D eigenvalue weighted by atomic mass is 9.49. The molecule has 0 aromatic rings. The Bertz CT molecular complexity index is 844. The lowest BCUT2D eigenvalue weighted by Gasteiger charge is -2.55. The summed E-state index contributed by atoms with van der Waals surface area (Å²) in [6.07, 6.45) is 18.1. The first-order chi connectivity index (χ1) is 15.2. The van der Waals surface area contributed by atoms with Gasteiger partial charge in [-0.1, -0.05) is 52.8 Å². The molecule has 1 aliphatic heterocycles. The Kier molecular flexibility index (Phi) is 5.61. The molecule has 0 radical (unpaired) electrons. The topological polar surface area (TPSA) is 35.5 Å². The van der Waals surface area contributed by atoms with Gasteiger partial charge < -0.3 is 9.47 Å². The fourth-order valence-electron chi connectivity index (χ4n) is 8.49. The van der Waals surface area contributed by atoms with Crippen molar-refractivity contribution in [1.82, 2.24) is 0 Å². The van der Waals surface area contributed by atoms with Gasteiger partial charge in [0.1, 0.15) is 0 Å². The fraction of sp³-hybridized carbons (Fsp3) is 0.759. The highest BCUT2D eigenvalue weighted by Crippen LogP contribution is 2.66. The Morgan fingerprint density at radius 2 is 1.78 bits per heavy atom. The molecule has 32 heavy (non-hydrogen) atoms. The molecule has 4 aliphatic carbocycles. The van der Waals surface area contributed by atoms with Crippen LogP contribution in [0, 0.1) is 46.3 Å². The molecular formula is C29H42O3. The molecule has 5 rings (SSSR count). The van der Waals surface area contributed by atoms with Gasteiger partial charge in [-0.25, -0.2) is 0 Å². The van der Waals surface area contributed by atoms with Crippen molar-refractivity contribution in [1.29, 1.82) is 0 Å². The van der Waals surface area contributed by atoms with Crippen LogP contribution in [-0.4, -0.2) is 24.8 Å². The number of fused-ring (bicyclic) bond motifs is 5. The maximum atomic E-state index is 12.0. The SMILES string of the molecule is CC(C)C1(CC[C@@H](C)[C@H]2CC[C@H]3[C@@H]4C=CC5=CC(=O)C=C[C@]5(C)[C@H]4CC[C@]23C)OCCO1. The van der Waals surface area contributed by atoms with Gasteiger partial charge in [0.2, 0.25) is 0 Å². The normalized spacial score (nSPS) is 43.1. The number of ether oxygens (including phenoxy) is 2. The molecule has 0 aromatic heterocycles. The lowest BCUT2D eigenvalue weighted by molar-refractivity contribution is -0.195. The summed E-state index contributed by atoms with van der Waals surface area (Å²) >= 11 is 0. The monoisotopic (exact) mass is 438 g/mol. The number of hydrogen-bond acceptors (Lipinski definition) is 3. The first kappa shape index (κ1) is 22.6. The minimum atomic E-state index is -0.362. The number of rotatable bonds is 5. The van der Waals surface area contributed by atoms with E-state index in [1.54, 1.807) is 0 Å². The summed E-state index contributed by atoms with van der Waals surface area (Å²) in [6.45, 7) is 13.4. The first-order valence-electron chi connectivity index (χ1n) is 13.1. The highest BCUT2D eigenvalue weighted by molar-refractivity contribution is 6.01. The predicted molar refractivity (Wildman–Crippen MR) is 128 cm³/mol. The summed E-state index contributed by atoms with van der Waals surface area (Å²) in [4.78, 5) is 12.0. The molecule has 5 aliphatic rings. The average Bonchev–Trinajstić information content (AvgIpc) is 3.37. The smallest absolute Gasteiger partial charge is 0.178 e. The number of ketones is 1. The van der Waals surface area contributed by atoms with Crippen LogP contribution in [0.5, 0.6) is 0 Å². The van der Waals surface area contributed by atoms with Gasteiger partial charge in [0, 0.05) is 17.8 Å². The number of allylic oxidation sites excluding steroid dienone is 6. The molecule has 176 valence electrons. The van der Waals surface area contributed by atoms with Crippen LogP contribution in [0.4, 0.5) is 0 Å². The van der Waals surface area contributed by atoms with E-state index in [0.717, 1.165) is 31.5 Å². The number of hydrogen-bond donors (Lipinski definition) is 0. The summed E-state index contributed by atoms with van der Waals surface area (Å²) in [6, 6.07) is 0. The van der Waals surface area contributed by atoms with Crippen LogP contribution in [0.2, 0.25) is 0 Å². The second kappa shape index (κ2) is 7.94. The van der Waals surface area contributed by atoms with Crippen molar-refractivity contribution in [3.05, 3.63) is 36.0 Å². The molecule has 3 nitrogen and oxygen atoms in total. The van der Waals surface area contributed by atoms with Crippen molar-refractivity contribution in [3.63, 3.8) is 0 Å².